The van der Waals surface area contributed by atoms with Gasteiger partial charge in [0.2, 0.25) is 0 Å². The van der Waals surface area contributed by atoms with Crippen LogP contribution >= 0.6 is 0 Å². The standard InChI is InChI=1S/C6H12O3.2C2H6/c1-4-8-6(7)9-5(2)3;2*1-2/h5H,4H2,1-3H3;2*1-2H3. The summed E-state index contributed by atoms with van der Waals surface area (Å²) >= 11 is 0. The van der Waals surface area contributed by atoms with Crippen LogP contribution in [0.4, 0.5) is 4.79 Å². The maximum absolute atomic E-state index is 10.4. The van der Waals surface area contributed by atoms with E-state index in [0.717, 1.165) is 0 Å². The summed E-state index contributed by atoms with van der Waals surface area (Å²) in [5.41, 5.74) is 0. The molecular weight excluding hydrogens is 168 g/mol. The fourth-order valence-electron chi connectivity index (χ4n) is 0.344. The van der Waals surface area contributed by atoms with E-state index in [4.69, 9.17) is 0 Å². The summed E-state index contributed by atoms with van der Waals surface area (Å²) in [5, 5.41) is 0. The van der Waals surface area contributed by atoms with Crippen LogP contribution in [0.15, 0.2) is 0 Å². The average Bonchev–Trinajstić information content (AvgIpc) is 2.10. The van der Waals surface area contributed by atoms with E-state index in [0.29, 0.717) is 6.61 Å². The molecule has 82 valence electrons. The molecule has 0 aliphatic rings. The molecule has 0 aliphatic heterocycles. The molecule has 0 fully saturated rings. The van der Waals surface area contributed by atoms with Crippen molar-refractivity contribution >= 4 is 6.16 Å². The van der Waals surface area contributed by atoms with Crippen molar-refractivity contribution < 1.29 is 14.3 Å². The van der Waals surface area contributed by atoms with E-state index in [1.54, 1.807) is 20.8 Å². The maximum Gasteiger partial charge on any atom is 0.508 e. The van der Waals surface area contributed by atoms with Crippen LogP contribution in [0.3, 0.4) is 0 Å². The van der Waals surface area contributed by atoms with Crippen molar-refractivity contribution in [2.45, 2.75) is 54.6 Å². The van der Waals surface area contributed by atoms with Crippen molar-refractivity contribution in [1.82, 2.24) is 0 Å². The summed E-state index contributed by atoms with van der Waals surface area (Å²) in [6, 6.07) is 0. The third-order valence-electron chi connectivity index (χ3n) is 0.594. The Kier molecular flexibility index (Phi) is 24.2. The first kappa shape index (κ1) is 18.1. The zero-order chi connectivity index (χ0) is 11.3. The molecule has 0 heterocycles. The number of rotatable bonds is 2. The molecule has 0 radical (unpaired) electrons. The molecule has 0 aromatic rings. The van der Waals surface area contributed by atoms with Crippen LogP contribution < -0.4 is 0 Å². The number of hydrogen-bond donors (Lipinski definition) is 0. The Balaban J connectivity index is -0.000000218. The van der Waals surface area contributed by atoms with Gasteiger partial charge in [-0.25, -0.2) is 4.79 Å². The van der Waals surface area contributed by atoms with E-state index in [-0.39, 0.29) is 6.10 Å². The van der Waals surface area contributed by atoms with Gasteiger partial charge in [0.05, 0.1) is 12.7 Å². The Hall–Kier alpha value is -0.730. The Labute approximate surface area is 82.4 Å². The molecule has 0 N–H and O–H groups in total. The van der Waals surface area contributed by atoms with Crippen LogP contribution in [-0.4, -0.2) is 18.9 Å². The lowest BCUT2D eigenvalue weighted by molar-refractivity contribution is 0.0378. The fourth-order valence-corrected chi connectivity index (χ4v) is 0.344. The van der Waals surface area contributed by atoms with Crippen LogP contribution in [-0.2, 0) is 9.47 Å². The van der Waals surface area contributed by atoms with Crippen LogP contribution in [0.1, 0.15) is 48.5 Å². The minimum Gasteiger partial charge on any atom is -0.435 e. The van der Waals surface area contributed by atoms with Gasteiger partial charge in [-0.3, -0.25) is 0 Å². The third-order valence-corrected chi connectivity index (χ3v) is 0.594. The minimum absolute atomic E-state index is 0.0935. The van der Waals surface area contributed by atoms with Crippen molar-refractivity contribution in [2.75, 3.05) is 6.61 Å². The lowest BCUT2D eigenvalue weighted by Gasteiger charge is -2.05. The molecule has 13 heavy (non-hydrogen) atoms. The van der Waals surface area contributed by atoms with Crippen molar-refractivity contribution in [3.05, 3.63) is 0 Å². The highest BCUT2D eigenvalue weighted by Crippen LogP contribution is 1.91. The van der Waals surface area contributed by atoms with Gasteiger partial charge in [-0.1, -0.05) is 27.7 Å². The van der Waals surface area contributed by atoms with Gasteiger partial charge in [-0.05, 0) is 20.8 Å². The lowest BCUT2D eigenvalue weighted by atomic mass is 10.5. The first-order valence-electron chi connectivity index (χ1n) is 5.00. The van der Waals surface area contributed by atoms with Crippen molar-refractivity contribution in [2.24, 2.45) is 0 Å². The molecule has 3 nitrogen and oxygen atoms in total. The first-order chi connectivity index (χ1) is 6.16. The summed E-state index contributed by atoms with van der Waals surface area (Å²) in [6.45, 7) is 13.7. The molecule has 0 amide bonds. The summed E-state index contributed by atoms with van der Waals surface area (Å²) in [5.74, 6) is 0. The van der Waals surface area contributed by atoms with Gasteiger partial charge in [-0.2, -0.15) is 0 Å². The van der Waals surface area contributed by atoms with E-state index < -0.39 is 6.16 Å². The van der Waals surface area contributed by atoms with E-state index in [2.05, 4.69) is 9.47 Å². The smallest absolute Gasteiger partial charge is 0.435 e. The Bertz CT molecular complexity index is 90.2. The molecule has 0 aliphatic carbocycles. The normalized spacial score (nSPS) is 7.38. The highest BCUT2D eigenvalue weighted by molar-refractivity contribution is 5.59. The quantitative estimate of drug-likeness (QED) is 0.627. The molecule has 0 aromatic heterocycles. The van der Waals surface area contributed by atoms with Crippen LogP contribution in [0.2, 0.25) is 0 Å². The Morgan fingerprint density at radius 3 is 1.77 bits per heavy atom. The molecule has 0 saturated carbocycles. The molecule has 0 unspecified atom stereocenters. The van der Waals surface area contributed by atoms with Crippen molar-refractivity contribution in [1.29, 1.82) is 0 Å². The van der Waals surface area contributed by atoms with Gasteiger partial charge < -0.3 is 9.47 Å². The van der Waals surface area contributed by atoms with Crippen LogP contribution in [0, 0.1) is 0 Å². The lowest BCUT2D eigenvalue weighted by Crippen LogP contribution is -2.12. The minimum atomic E-state index is -0.590. The van der Waals surface area contributed by atoms with Crippen LogP contribution in [0.5, 0.6) is 0 Å². The van der Waals surface area contributed by atoms with Gasteiger partial charge in [0.25, 0.3) is 0 Å². The first-order valence-corrected chi connectivity index (χ1v) is 5.00. The number of ether oxygens (including phenoxy) is 2. The van der Waals surface area contributed by atoms with Gasteiger partial charge in [0.1, 0.15) is 0 Å². The van der Waals surface area contributed by atoms with Crippen molar-refractivity contribution in [3.8, 4) is 0 Å². The predicted molar refractivity (Wildman–Crippen MR) is 55.9 cm³/mol. The molecule has 0 atom stereocenters. The molecule has 0 aromatic carbocycles. The van der Waals surface area contributed by atoms with Gasteiger partial charge in [-0.15, -0.1) is 0 Å². The highest BCUT2D eigenvalue weighted by Gasteiger charge is 2.02. The second-order valence-electron chi connectivity index (χ2n) is 1.85. The topological polar surface area (TPSA) is 35.5 Å². The summed E-state index contributed by atoms with van der Waals surface area (Å²) < 4.78 is 9.12. The van der Waals surface area contributed by atoms with E-state index >= 15 is 0 Å². The third kappa shape index (κ3) is 24.6. The Morgan fingerprint density at radius 1 is 1.15 bits per heavy atom. The molecule has 3 heteroatoms. The van der Waals surface area contributed by atoms with E-state index in [1.165, 1.54) is 0 Å². The molecule has 0 saturated heterocycles. The molecule has 0 spiro atoms. The number of carbonyl (C=O) groups excluding carboxylic acids is 1. The molecule has 0 rings (SSSR count). The average molecular weight is 192 g/mol. The number of carbonyl (C=O) groups is 1. The predicted octanol–water partition coefficient (Wildman–Crippen LogP) is 3.62. The monoisotopic (exact) mass is 192 g/mol. The maximum atomic E-state index is 10.4. The van der Waals surface area contributed by atoms with Gasteiger partial charge in [0.15, 0.2) is 0 Å². The number of hydrogen-bond acceptors (Lipinski definition) is 3. The molecular formula is C10H24O3. The van der Waals surface area contributed by atoms with E-state index in [9.17, 15) is 4.79 Å². The van der Waals surface area contributed by atoms with Gasteiger partial charge in [0, 0.05) is 0 Å². The van der Waals surface area contributed by atoms with Crippen LogP contribution in [0.25, 0.3) is 0 Å². The summed E-state index contributed by atoms with van der Waals surface area (Å²) in [6.07, 6.45) is -0.684. The van der Waals surface area contributed by atoms with Gasteiger partial charge >= 0.3 is 6.16 Å². The zero-order valence-electron chi connectivity index (χ0n) is 10.0. The zero-order valence-corrected chi connectivity index (χ0v) is 10.0. The second kappa shape index (κ2) is 17.4. The Morgan fingerprint density at radius 2 is 1.54 bits per heavy atom. The summed E-state index contributed by atoms with van der Waals surface area (Å²) in [7, 11) is 0. The molecule has 0 bridgehead atoms. The van der Waals surface area contributed by atoms with E-state index in [1.807, 2.05) is 27.7 Å². The largest absolute Gasteiger partial charge is 0.508 e. The fraction of sp³-hybridized carbons (Fsp3) is 0.900. The highest BCUT2D eigenvalue weighted by atomic mass is 16.7. The summed E-state index contributed by atoms with van der Waals surface area (Å²) in [4.78, 5) is 10.4. The van der Waals surface area contributed by atoms with Crippen molar-refractivity contribution in [3.63, 3.8) is 0 Å². The SMILES string of the molecule is CC.CC.CCOC(=O)OC(C)C. The second-order valence-corrected chi connectivity index (χ2v) is 1.85.